The molecule has 0 heterocycles. The minimum Gasteiger partial charge on any atom is -0.496 e. The summed E-state index contributed by atoms with van der Waals surface area (Å²) in [5, 5.41) is 0. The smallest absolute Gasteiger partial charge is 0.126 e. The topological polar surface area (TPSA) is 44.5 Å². The third-order valence-electron chi connectivity index (χ3n) is 2.41. The third-order valence-corrected chi connectivity index (χ3v) is 2.41. The highest BCUT2D eigenvalue weighted by Gasteiger charge is 2.09. The first-order valence-corrected chi connectivity index (χ1v) is 4.74. The second kappa shape index (κ2) is 4.84. The molecule has 1 aromatic carbocycles. The van der Waals surface area contributed by atoms with Crippen LogP contribution < -0.4 is 15.2 Å². The summed E-state index contributed by atoms with van der Waals surface area (Å²) < 4.78 is 10.5. The van der Waals surface area contributed by atoms with Gasteiger partial charge in [-0.1, -0.05) is 6.58 Å². The van der Waals surface area contributed by atoms with E-state index >= 15 is 0 Å². The van der Waals surface area contributed by atoms with Crippen LogP contribution in [0.25, 0.3) is 5.57 Å². The lowest BCUT2D eigenvalue weighted by atomic mass is 10.0. The monoisotopic (exact) mass is 207 g/mol. The molecule has 3 heteroatoms. The number of ether oxygens (including phenoxy) is 2. The van der Waals surface area contributed by atoms with Gasteiger partial charge >= 0.3 is 0 Å². The van der Waals surface area contributed by atoms with E-state index in [-0.39, 0.29) is 0 Å². The Hall–Kier alpha value is -1.48. The van der Waals surface area contributed by atoms with Crippen LogP contribution in [-0.2, 0) is 0 Å². The molecule has 15 heavy (non-hydrogen) atoms. The van der Waals surface area contributed by atoms with Crippen LogP contribution in [0.4, 0.5) is 0 Å². The highest BCUT2D eigenvalue weighted by atomic mass is 16.5. The molecule has 0 atom stereocenters. The molecule has 0 radical (unpaired) electrons. The first kappa shape index (κ1) is 11.6. The Morgan fingerprint density at radius 2 is 1.73 bits per heavy atom. The van der Waals surface area contributed by atoms with Gasteiger partial charge in [-0.25, -0.2) is 0 Å². The van der Waals surface area contributed by atoms with E-state index in [0.717, 1.165) is 28.2 Å². The van der Waals surface area contributed by atoms with E-state index in [9.17, 15) is 0 Å². The highest BCUT2D eigenvalue weighted by Crippen LogP contribution is 2.31. The summed E-state index contributed by atoms with van der Waals surface area (Å²) in [6, 6.07) is 3.85. The van der Waals surface area contributed by atoms with Crippen LogP contribution in [0, 0.1) is 6.92 Å². The fraction of sp³-hybridized carbons (Fsp3) is 0.333. The van der Waals surface area contributed by atoms with Crippen molar-refractivity contribution in [2.75, 3.05) is 20.8 Å². The van der Waals surface area contributed by atoms with Gasteiger partial charge in [0.1, 0.15) is 11.5 Å². The molecule has 0 aromatic heterocycles. The average Bonchev–Trinajstić information content (AvgIpc) is 2.28. The van der Waals surface area contributed by atoms with Crippen molar-refractivity contribution in [1.29, 1.82) is 0 Å². The number of nitrogens with two attached hydrogens (primary N) is 1. The summed E-state index contributed by atoms with van der Waals surface area (Å²) >= 11 is 0. The van der Waals surface area contributed by atoms with Gasteiger partial charge in [-0.3, -0.25) is 0 Å². The number of hydrogen-bond acceptors (Lipinski definition) is 3. The molecule has 0 aliphatic carbocycles. The van der Waals surface area contributed by atoms with E-state index in [2.05, 4.69) is 6.58 Å². The van der Waals surface area contributed by atoms with Crippen molar-refractivity contribution in [2.45, 2.75) is 6.92 Å². The fourth-order valence-electron chi connectivity index (χ4n) is 1.41. The zero-order valence-corrected chi connectivity index (χ0v) is 9.46. The standard InChI is InChI=1S/C12H17NO2/c1-8(7-13)10-5-11(14-3)9(2)12(6-10)15-4/h5-6H,1,7,13H2,2-4H3. The van der Waals surface area contributed by atoms with E-state index in [1.54, 1.807) is 14.2 Å². The van der Waals surface area contributed by atoms with Crippen LogP contribution in [0.2, 0.25) is 0 Å². The lowest BCUT2D eigenvalue weighted by Gasteiger charge is -2.13. The fourth-order valence-corrected chi connectivity index (χ4v) is 1.41. The molecule has 82 valence electrons. The van der Waals surface area contributed by atoms with Crippen molar-refractivity contribution >= 4 is 5.57 Å². The van der Waals surface area contributed by atoms with Gasteiger partial charge < -0.3 is 15.2 Å². The van der Waals surface area contributed by atoms with Gasteiger partial charge in [0.05, 0.1) is 14.2 Å². The average molecular weight is 207 g/mol. The zero-order valence-electron chi connectivity index (χ0n) is 9.46. The molecule has 1 aromatic rings. The van der Waals surface area contributed by atoms with E-state index in [4.69, 9.17) is 15.2 Å². The second-order valence-corrected chi connectivity index (χ2v) is 3.31. The Labute approximate surface area is 90.5 Å². The number of benzene rings is 1. The molecule has 0 spiro atoms. The van der Waals surface area contributed by atoms with Gasteiger partial charge in [-0.05, 0) is 30.2 Å². The molecule has 0 aliphatic heterocycles. The Kier molecular flexibility index (Phi) is 3.74. The largest absolute Gasteiger partial charge is 0.496 e. The summed E-state index contributed by atoms with van der Waals surface area (Å²) in [4.78, 5) is 0. The molecule has 0 saturated heterocycles. The molecule has 2 N–H and O–H groups in total. The molecular formula is C12H17NO2. The summed E-state index contributed by atoms with van der Waals surface area (Å²) in [6.45, 7) is 6.26. The molecule has 0 aliphatic rings. The summed E-state index contributed by atoms with van der Waals surface area (Å²) in [5.41, 5.74) is 8.35. The maximum atomic E-state index is 5.54. The Morgan fingerprint density at radius 3 is 2.07 bits per heavy atom. The third kappa shape index (κ3) is 2.30. The molecular weight excluding hydrogens is 190 g/mol. The van der Waals surface area contributed by atoms with E-state index < -0.39 is 0 Å². The minimum absolute atomic E-state index is 0.426. The lowest BCUT2D eigenvalue weighted by Crippen LogP contribution is -2.02. The van der Waals surface area contributed by atoms with Crippen molar-refractivity contribution < 1.29 is 9.47 Å². The molecule has 1 rings (SSSR count). The van der Waals surface area contributed by atoms with Gasteiger partial charge in [0, 0.05) is 12.1 Å². The van der Waals surface area contributed by atoms with Gasteiger partial charge in [0.15, 0.2) is 0 Å². The first-order valence-electron chi connectivity index (χ1n) is 4.74. The normalized spacial score (nSPS) is 9.87. The Bertz CT molecular complexity index is 347. The molecule has 0 amide bonds. The van der Waals surface area contributed by atoms with Crippen molar-refractivity contribution in [2.24, 2.45) is 5.73 Å². The van der Waals surface area contributed by atoms with Crippen LogP contribution in [0.5, 0.6) is 11.5 Å². The highest BCUT2D eigenvalue weighted by molar-refractivity contribution is 5.68. The number of rotatable bonds is 4. The van der Waals surface area contributed by atoms with Crippen LogP contribution >= 0.6 is 0 Å². The van der Waals surface area contributed by atoms with Crippen molar-refractivity contribution in [3.8, 4) is 11.5 Å². The Balaban J connectivity index is 3.26. The van der Waals surface area contributed by atoms with E-state index in [1.807, 2.05) is 19.1 Å². The van der Waals surface area contributed by atoms with Crippen LogP contribution in [0.3, 0.4) is 0 Å². The van der Waals surface area contributed by atoms with Crippen molar-refractivity contribution in [3.63, 3.8) is 0 Å². The molecule has 0 unspecified atom stereocenters. The summed E-state index contributed by atoms with van der Waals surface area (Å²) in [7, 11) is 3.27. The predicted octanol–water partition coefficient (Wildman–Crippen LogP) is 1.98. The van der Waals surface area contributed by atoms with Gasteiger partial charge in [0.25, 0.3) is 0 Å². The lowest BCUT2D eigenvalue weighted by molar-refractivity contribution is 0.388. The van der Waals surface area contributed by atoms with Gasteiger partial charge in [0.2, 0.25) is 0 Å². The summed E-state index contributed by atoms with van der Waals surface area (Å²) in [6.07, 6.45) is 0. The minimum atomic E-state index is 0.426. The second-order valence-electron chi connectivity index (χ2n) is 3.31. The van der Waals surface area contributed by atoms with E-state index in [0.29, 0.717) is 6.54 Å². The molecule has 0 bridgehead atoms. The van der Waals surface area contributed by atoms with E-state index in [1.165, 1.54) is 0 Å². The molecule has 0 saturated carbocycles. The SMILES string of the molecule is C=C(CN)c1cc(OC)c(C)c(OC)c1. The molecule has 0 fully saturated rings. The van der Waals surface area contributed by atoms with Crippen LogP contribution in [-0.4, -0.2) is 20.8 Å². The maximum absolute atomic E-state index is 5.54. The summed E-state index contributed by atoms with van der Waals surface area (Å²) in [5.74, 6) is 1.58. The maximum Gasteiger partial charge on any atom is 0.126 e. The van der Waals surface area contributed by atoms with Crippen molar-refractivity contribution in [1.82, 2.24) is 0 Å². The number of methoxy groups -OCH3 is 2. The molecule has 3 nitrogen and oxygen atoms in total. The van der Waals surface area contributed by atoms with Gasteiger partial charge in [-0.2, -0.15) is 0 Å². The zero-order chi connectivity index (χ0) is 11.4. The predicted molar refractivity (Wildman–Crippen MR) is 62.4 cm³/mol. The van der Waals surface area contributed by atoms with Gasteiger partial charge in [-0.15, -0.1) is 0 Å². The van der Waals surface area contributed by atoms with Crippen LogP contribution in [0.15, 0.2) is 18.7 Å². The Morgan fingerprint density at radius 1 is 1.27 bits per heavy atom. The quantitative estimate of drug-likeness (QED) is 0.821. The van der Waals surface area contributed by atoms with Crippen LogP contribution in [0.1, 0.15) is 11.1 Å². The van der Waals surface area contributed by atoms with Crippen molar-refractivity contribution in [3.05, 3.63) is 29.8 Å². The first-order chi connectivity index (χ1) is 7.13. The number of hydrogen-bond donors (Lipinski definition) is 1.